The highest BCUT2D eigenvalue weighted by Gasteiger charge is 2.16. The van der Waals surface area contributed by atoms with Crippen molar-refractivity contribution >= 4 is 41.7 Å². The first kappa shape index (κ1) is 25.5. The van der Waals surface area contributed by atoms with Gasteiger partial charge in [0.1, 0.15) is 5.60 Å². The average Bonchev–Trinajstić information content (AvgIpc) is 3.13. The average molecular weight is 518 g/mol. The summed E-state index contributed by atoms with van der Waals surface area (Å²) in [5.74, 6) is 0.821. The molecule has 1 aromatic rings. The van der Waals surface area contributed by atoms with Gasteiger partial charge in [-0.05, 0) is 64.7 Å². The zero-order valence-electron chi connectivity index (χ0n) is 17.9. The second-order valence-corrected chi connectivity index (χ2v) is 7.86. The number of carbonyl (C=O) groups is 1. The van der Waals surface area contributed by atoms with Gasteiger partial charge in [-0.3, -0.25) is 10.3 Å². The number of carbonyl (C=O) groups excluding carboxylic acids is 1. The van der Waals surface area contributed by atoms with Crippen molar-refractivity contribution in [2.24, 2.45) is 4.99 Å². The van der Waals surface area contributed by atoms with E-state index < -0.39 is 11.7 Å². The highest BCUT2D eigenvalue weighted by Crippen LogP contribution is 2.13. The van der Waals surface area contributed by atoms with Crippen LogP contribution in [0.4, 0.5) is 10.5 Å². The molecule has 1 saturated heterocycles. The molecule has 29 heavy (non-hydrogen) atoms. The maximum atomic E-state index is 11.8. The molecule has 0 aliphatic carbocycles. The van der Waals surface area contributed by atoms with E-state index in [2.05, 4.69) is 27.9 Å². The Hall–Kier alpha value is -1.55. The van der Waals surface area contributed by atoms with Gasteiger partial charge in [-0.1, -0.05) is 12.1 Å². The third-order valence-electron chi connectivity index (χ3n) is 4.13. The Morgan fingerprint density at radius 1 is 1.24 bits per heavy atom. The summed E-state index contributed by atoms with van der Waals surface area (Å²) in [6.07, 6.45) is 2.88. The predicted molar refractivity (Wildman–Crippen MR) is 128 cm³/mol. The number of rotatable bonds is 7. The van der Waals surface area contributed by atoms with Crippen molar-refractivity contribution in [2.75, 3.05) is 31.6 Å². The van der Waals surface area contributed by atoms with Crippen LogP contribution in [0.15, 0.2) is 29.3 Å². The molecule has 0 bridgehead atoms. The number of halogens is 1. The fraction of sp³-hybridized carbons (Fsp3) is 0.619. The summed E-state index contributed by atoms with van der Waals surface area (Å²) < 4.78 is 10.9. The predicted octanol–water partition coefficient (Wildman–Crippen LogP) is 3.93. The number of guanidine groups is 1. The lowest BCUT2D eigenvalue weighted by Gasteiger charge is -2.19. The van der Waals surface area contributed by atoms with Crippen LogP contribution in [0.25, 0.3) is 0 Å². The molecule has 0 spiro atoms. The molecule has 164 valence electrons. The van der Waals surface area contributed by atoms with E-state index in [0.29, 0.717) is 6.54 Å². The summed E-state index contributed by atoms with van der Waals surface area (Å²) >= 11 is 0. The molecule has 7 nitrogen and oxygen atoms in total. The van der Waals surface area contributed by atoms with Gasteiger partial charge < -0.3 is 20.1 Å². The van der Waals surface area contributed by atoms with E-state index in [-0.39, 0.29) is 30.1 Å². The highest BCUT2D eigenvalue weighted by atomic mass is 127. The molecule has 1 heterocycles. The topological polar surface area (TPSA) is 84.0 Å². The van der Waals surface area contributed by atoms with Crippen molar-refractivity contribution in [3.05, 3.63) is 29.8 Å². The van der Waals surface area contributed by atoms with Crippen LogP contribution in [0.2, 0.25) is 0 Å². The number of nitrogens with zero attached hydrogens (tertiary/aromatic N) is 1. The maximum Gasteiger partial charge on any atom is 0.412 e. The van der Waals surface area contributed by atoms with Crippen molar-refractivity contribution in [2.45, 2.75) is 58.7 Å². The molecule has 1 aliphatic rings. The van der Waals surface area contributed by atoms with Crippen LogP contribution in [-0.4, -0.2) is 50.0 Å². The summed E-state index contributed by atoms with van der Waals surface area (Å²) in [5, 5.41) is 9.37. The number of hydrogen-bond acceptors (Lipinski definition) is 4. The van der Waals surface area contributed by atoms with Crippen LogP contribution in [-0.2, 0) is 15.9 Å². The van der Waals surface area contributed by atoms with E-state index in [1.54, 1.807) is 0 Å². The smallest absolute Gasteiger partial charge is 0.412 e. The van der Waals surface area contributed by atoms with E-state index in [1.165, 1.54) is 5.56 Å². The standard InChI is InChI=1S/C21H34N4O3.HI/c1-5-22-19(24-15-18-7-6-14-27-18)23-13-12-16-8-10-17(11-9-16)25-20(26)28-21(2,3)4;/h8-11,18H,5-7,12-15H2,1-4H3,(H,25,26)(H2,22,23,24);1H. The molecule has 2 rings (SSSR count). The molecule has 0 aromatic heterocycles. The summed E-state index contributed by atoms with van der Waals surface area (Å²) in [5.41, 5.74) is 1.39. The minimum Gasteiger partial charge on any atom is -0.444 e. The van der Waals surface area contributed by atoms with Crippen molar-refractivity contribution in [1.82, 2.24) is 10.6 Å². The van der Waals surface area contributed by atoms with E-state index in [9.17, 15) is 4.79 Å². The third kappa shape index (κ3) is 10.7. The van der Waals surface area contributed by atoms with Gasteiger partial charge in [-0.2, -0.15) is 0 Å². The van der Waals surface area contributed by atoms with E-state index in [4.69, 9.17) is 9.47 Å². The Kier molecular flexibility index (Phi) is 11.3. The Morgan fingerprint density at radius 2 is 1.97 bits per heavy atom. The fourth-order valence-corrected chi connectivity index (χ4v) is 2.82. The highest BCUT2D eigenvalue weighted by molar-refractivity contribution is 14.0. The second-order valence-electron chi connectivity index (χ2n) is 7.86. The molecule has 1 atom stereocenters. The normalized spacial score (nSPS) is 16.7. The zero-order valence-corrected chi connectivity index (χ0v) is 20.2. The number of nitrogens with one attached hydrogen (secondary N) is 3. The zero-order chi connectivity index (χ0) is 20.4. The first-order chi connectivity index (χ1) is 13.4. The maximum absolute atomic E-state index is 11.8. The Morgan fingerprint density at radius 3 is 2.55 bits per heavy atom. The fourth-order valence-electron chi connectivity index (χ4n) is 2.82. The first-order valence-electron chi connectivity index (χ1n) is 10.1. The molecule has 3 N–H and O–H groups in total. The molecule has 0 saturated carbocycles. The summed E-state index contributed by atoms with van der Waals surface area (Å²) in [6.45, 7) is 10.7. The van der Waals surface area contributed by atoms with Crippen molar-refractivity contribution < 1.29 is 14.3 Å². The van der Waals surface area contributed by atoms with Gasteiger partial charge in [0.05, 0.1) is 12.6 Å². The van der Waals surface area contributed by atoms with Gasteiger partial charge in [0.15, 0.2) is 5.96 Å². The van der Waals surface area contributed by atoms with Crippen molar-refractivity contribution in [1.29, 1.82) is 0 Å². The number of hydrogen-bond donors (Lipinski definition) is 3. The molecule has 0 radical (unpaired) electrons. The van der Waals surface area contributed by atoms with Crippen molar-refractivity contribution in [3.8, 4) is 0 Å². The molecular formula is C21H35IN4O3. The summed E-state index contributed by atoms with van der Waals surface area (Å²) in [6, 6.07) is 7.78. The van der Waals surface area contributed by atoms with Gasteiger partial charge in [0.25, 0.3) is 0 Å². The minimum atomic E-state index is -0.509. The molecule has 1 aliphatic heterocycles. The second kappa shape index (κ2) is 12.9. The lowest BCUT2D eigenvalue weighted by atomic mass is 10.1. The van der Waals surface area contributed by atoms with Crippen LogP contribution in [0.1, 0.15) is 46.1 Å². The Labute approximate surface area is 191 Å². The largest absolute Gasteiger partial charge is 0.444 e. The number of anilines is 1. The summed E-state index contributed by atoms with van der Waals surface area (Å²) in [7, 11) is 0. The Bertz CT molecular complexity index is 638. The number of aliphatic imine (C=N–C) groups is 1. The molecular weight excluding hydrogens is 483 g/mol. The van der Waals surface area contributed by atoms with E-state index >= 15 is 0 Å². The molecule has 1 fully saturated rings. The quantitative estimate of drug-likeness (QED) is 0.290. The SMILES string of the molecule is CCNC(=NCC1CCCO1)NCCc1ccc(NC(=O)OC(C)(C)C)cc1.I. The van der Waals surface area contributed by atoms with Crippen LogP contribution in [0.3, 0.4) is 0 Å². The summed E-state index contributed by atoms with van der Waals surface area (Å²) in [4.78, 5) is 16.4. The van der Waals surface area contributed by atoms with Gasteiger partial charge in [0.2, 0.25) is 0 Å². The van der Waals surface area contributed by atoms with E-state index in [0.717, 1.165) is 50.6 Å². The Balaban J connectivity index is 0.00000420. The molecule has 1 unspecified atom stereocenters. The van der Waals surface area contributed by atoms with E-state index in [1.807, 2.05) is 45.0 Å². The lowest BCUT2D eigenvalue weighted by Crippen LogP contribution is -2.38. The molecule has 1 aromatic carbocycles. The monoisotopic (exact) mass is 518 g/mol. The molecule has 1 amide bonds. The minimum absolute atomic E-state index is 0. The number of amides is 1. The van der Waals surface area contributed by atoms with Crippen LogP contribution >= 0.6 is 24.0 Å². The molecule has 8 heteroatoms. The first-order valence-corrected chi connectivity index (χ1v) is 10.1. The third-order valence-corrected chi connectivity index (χ3v) is 4.13. The van der Waals surface area contributed by atoms with Crippen LogP contribution in [0, 0.1) is 0 Å². The number of benzene rings is 1. The van der Waals surface area contributed by atoms with Crippen molar-refractivity contribution in [3.63, 3.8) is 0 Å². The number of ether oxygens (including phenoxy) is 2. The van der Waals surface area contributed by atoms with Gasteiger partial charge in [-0.25, -0.2) is 4.79 Å². The van der Waals surface area contributed by atoms with Gasteiger partial charge >= 0.3 is 6.09 Å². The lowest BCUT2D eigenvalue weighted by molar-refractivity contribution is 0.0636. The van der Waals surface area contributed by atoms with Crippen LogP contribution in [0.5, 0.6) is 0 Å². The van der Waals surface area contributed by atoms with Gasteiger partial charge in [-0.15, -0.1) is 24.0 Å². The van der Waals surface area contributed by atoms with Crippen LogP contribution < -0.4 is 16.0 Å². The van der Waals surface area contributed by atoms with Gasteiger partial charge in [0, 0.05) is 25.4 Å².